The minimum absolute atomic E-state index is 0.0550. The highest BCUT2D eigenvalue weighted by Gasteiger charge is 2.20. The molecule has 102 valence electrons. The highest BCUT2D eigenvalue weighted by Crippen LogP contribution is 2.18. The summed E-state index contributed by atoms with van der Waals surface area (Å²) >= 11 is 0. The molecule has 0 saturated carbocycles. The average molecular weight is 262 g/mol. The number of urea groups is 2. The van der Waals surface area contributed by atoms with Crippen LogP contribution in [0, 0.1) is 0 Å². The number of carbonyl (C=O) groups excluding carboxylic acids is 2. The van der Waals surface area contributed by atoms with E-state index in [9.17, 15) is 9.59 Å². The number of anilines is 1. The lowest BCUT2D eigenvalue weighted by Crippen LogP contribution is -2.34. The van der Waals surface area contributed by atoms with Crippen molar-refractivity contribution in [3.8, 4) is 0 Å². The number of nitrogens with zero attached hydrogens (tertiary/aromatic N) is 1. The smallest absolute Gasteiger partial charge is 0.321 e. The summed E-state index contributed by atoms with van der Waals surface area (Å²) in [6, 6.07) is 7.58. The Balaban J connectivity index is 1.95. The van der Waals surface area contributed by atoms with Crippen molar-refractivity contribution in [2.45, 2.75) is 6.42 Å². The lowest BCUT2D eigenvalue weighted by molar-refractivity contribution is 0.243. The molecule has 4 amide bonds. The third kappa shape index (κ3) is 3.37. The summed E-state index contributed by atoms with van der Waals surface area (Å²) < 4.78 is 0. The second-order valence-electron chi connectivity index (χ2n) is 4.31. The summed E-state index contributed by atoms with van der Waals surface area (Å²) in [5.41, 5.74) is 1.99. The molecule has 1 aromatic rings. The van der Waals surface area contributed by atoms with E-state index in [1.165, 1.54) is 0 Å². The fraction of sp³-hybridized carbons (Fsp3) is 0.385. The topological polar surface area (TPSA) is 73.5 Å². The van der Waals surface area contributed by atoms with Crippen LogP contribution in [-0.2, 0) is 6.42 Å². The van der Waals surface area contributed by atoms with Crippen LogP contribution in [0.2, 0.25) is 0 Å². The van der Waals surface area contributed by atoms with Crippen molar-refractivity contribution in [3.05, 3.63) is 29.8 Å². The predicted octanol–water partition coefficient (Wildman–Crippen LogP) is 0.688. The van der Waals surface area contributed by atoms with Gasteiger partial charge in [-0.2, -0.15) is 0 Å². The molecule has 0 unspecified atom stereocenters. The van der Waals surface area contributed by atoms with Gasteiger partial charge < -0.3 is 16.0 Å². The van der Waals surface area contributed by atoms with E-state index in [0.29, 0.717) is 19.6 Å². The molecule has 0 spiro atoms. The van der Waals surface area contributed by atoms with Gasteiger partial charge in [0.2, 0.25) is 0 Å². The number of hydrogen-bond donors (Lipinski definition) is 3. The van der Waals surface area contributed by atoms with E-state index >= 15 is 0 Å². The summed E-state index contributed by atoms with van der Waals surface area (Å²) in [7, 11) is 1.59. The second-order valence-corrected chi connectivity index (χ2v) is 4.31. The van der Waals surface area contributed by atoms with Crippen molar-refractivity contribution in [1.29, 1.82) is 0 Å². The van der Waals surface area contributed by atoms with Crippen LogP contribution >= 0.6 is 0 Å². The minimum Gasteiger partial charge on any atom is -0.341 e. The van der Waals surface area contributed by atoms with Crippen LogP contribution in [0.1, 0.15) is 5.56 Å². The molecule has 0 bridgehead atoms. The number of hydrogen-bond acceptors (Lipinski definition) is 2. The van der Waals surface area contributed by atoms with E-state index in [-0.39, 0.29) is 12.1 Å². The minimum atomic E-state index is -0.185. The maximum Gasteiger partial charge on any atom is 0.321 e. The molecule has 1 heterocycles. The van der Waals surface area contributed by atoms with Crippen LogP contribution in [0.4, 0.5) is 15.3 Å². The van der Waals surface area contributed by atoms with Gasteiger partial charge in [-0.15, -0.1) is 0 Å². The molecule has 19 heavy (non-hydrogen) atoms. The Hall–Kier alpha value is -2.24. The highest BCUT2D eigenvalue weighted by molar-refractivity contribution is 5.94. The Morgan fingerprint density at radius 3 is 3.00 bits per heavy atom. The van der Waals surface area contributed by atoms with Crippen molar-refractivity contribution in [2.75, 3.05) is 31.6 Å². The number of benzene rings is 1. The molecule has 0 aliphatic carbocycles. The van der Waals surface area contributed by atoms with Crippen molar-refractivity contribution >= 4 is 17.7 Å². The fourth-order valence-corrected chi connectivity index (χ4v) is 2.01. The number of amides is 4. The molecule has 0 aromatic heterocycles. The largest absolute Gasteiger partial charge is 0.341 e. The lowest BCUT2D eigenvalue weighted by atomic mass is 10.1. The first kappa shape index (κ1) is 13.2. The summed E-state index contributed by atoms with van der Waals surface area (Å²) in [5.74, 6) is 0. The summed E-state index contributed by atoms with van der Waals surface area (Å²) in [6.45, 7) is 1.94. The van der Waals surface area contributed by atoms with Gasteiger partial charge >= 0.3 is 12.1 Å². The third-order valence-corrected chi connectivity index (χ3v) is 3.01. The Morgan fingerprint density at radius 2 is 2.32 bits per heavy atom. The first-order chi connectivity index (χ1) is 9.20. The van der Waals surface area contributed by atoms with Gasteiger partial charge in [0.15, 0.2) is 0 Å². The van der Waals surface area contributed by atoms with Crippen LogP contribution in [0.15, 0.2) is 24.3 Å². The Bertz CT molecular complexity index is 475. The molecule has 0 atom stereocenters. The van der Waals surface area contributed by atoms with Crippen molar-refractivity contribution < 1.29 is 9.59 Å². The molecule has 1 aliphatic heterocycles. The van der Waals surface area contributed by atoms with Gasteiger partial charge in [-0.05, 0) is 24.1 Å². The molecule has 6 heteroatoms. The van der Waals surface area contributed by atoms with Gasteiger partial charge in [0.1, 0.15) is 0 Å². The summed E-state index contributed by atoms with van der Waals surface area (Å²) in [6.07, 6.45) is 0.733. The maximum absolute atomic E-state index is 11.6. The van der Waals surface area contributed by atoms with Gasteiger partial charge in [-0.25, -0.2) is 9.59 Å². The summed E-state index contributed by atoms with van der Waals surface area (Å²) in [5, 5.41) is 8.01. The Labute approximate surface area is 112 Å². The van der Waals surface area contributed by atoms with Gasteiger partial charge in [-0.3, -0.25) is 4.90 Å². The second kappa shape index (κ2) is 6.08. The van der Waals surface area contributed by atoms with Crippen LogP contribution in [-0.4, -0.2) is 38.7 Å². The molecule has 3 N–H and O–H groups in total. The predicted molar refractivity (Wildman–Crippen MR) is 73.3 cm³/mol. The molecule has 0 radical (unpaired) electrons. The van der Waals surface area contributed by atoms with Crippen LogP contribution < -0.4 is 20.9 Å². The molecule has 1 aliphatic rings. The van der Waals surface area contributed by atoms with Crippen molar-refractivity contribution in [3.63, 3.8) is 0 Å². The molecule has 2 rings (SSSR count). The lowest BCUT2D eigenvalue weighted by Gasteiger charge is -2.15. The van der Waals surface area contributed by atoms with Gasteiger partial charge in [-0.1, -0.05) is 12.1 Å². The maximum atomic E-state index is 11.6. The third-order valence-electron chi connectivity index (χ3n) is 3.01. The standard InChI is InChI=1S/C13H18N4O2/c1-14-12(18)15-6-5-10-3-2-4-11(9-10)17-8-7-16-13(17)19/h2-4,9H,5-8H2,1H3,(H,16,19)(H2,14,15,18). The van der Waals surface area contributed by atoms with Crippen LogP contribution in [0.25, 0.3) is 0 Å². The van der Waals surface area contributed by atoms with E-state index in [0.717, 1.165) is 17.7 Å². The SMILES string of the molecule is CNC(=O)NCCc1cccc(N2CCNC2=O)c1. The van der Waals surface area contributed by atoms with E-state index in [4.69, 9.17) is 0 Å². The summed E-state index contributed by atoms with van der Waals surface area (Å²) in [4.78, 5) is 24.3. The van der Waals surface area contributed by atoms with Crippen LogP contribution in [0.3, 0.4) is 0 Å². The first-order valence-corrected chi connectivity index (χ1v) is 6.30. The van der Waals surface area contributed by atoms with Crippen molar-refractivity contribution in [2.24, 2.45) is 0 Å². The van der Waals surface area contributed by atoms with Gasteiger partial charge in [0.05, 0.1) is 0 Å². The van der Waals surface area contributed by atoms with E-state index < -0.39 is 0 Å². The van der Waals surface area contributed by atoms with E-state index in [1.807, 2.05) is 24.3 Å². The molecule has 6 nitrogen and oxygen atoms in total. The van der Waals surface area contributed by atoms with E-state index in [1.54, 1.807) is 11.9 Å². The van der Waals surface area contributed by atoms with Crippen molar-refractivity contribution in [1.82, 2.24) is 16.0 Å². The first-order valence-electron chi connectivity index (χ1n) is 6.30. The number of nitrogens with one attached hydrogen (secondary N) is 3. The normalized spacial score (nSPS) is 14.2. The molecular formula is C13H18N4O2. The zero-order valence-corrected chi connectivity index (χ0v) is 10.9. The monoisotopic (exact) mass is 262 g/mol. The highest BCUT2D eigenvalue weighted by atomic mass is 16.2. The zero-order valence-electron chi connectivity index (χ0n) is 10.9. The number of carbonyl (C=O) groups is 2. The molecule has 1 fully saturated rings. The molecule has 1 aromatic carbocycles. The van der Waals surface area contributed by atoms with E-state index in [2.05, 4.69) is 16.0 Å². The number of rotatable bonds is 4. The molecule has 1 saturated heterocycles. The Morgan fingerprint density at radius 1 is 1.47 bits per heavy atom. The fourth-order valence-electron chi connectivity index (χ4n) is 2.01. The van der Waals surface area contributed by atoms with Gasteiger partial charge in [0, 0.05) is 32.4 Å². The molecular weight excluding hydrogens is 244 g/mol. The zero-order chi connectivity index (χ0) is 13.7. The average Bonchev–Trinajstić information content (AvgIpc) is 2.85. The van der Waals surface area contributed by atoms with Gasteiger partial charge in [0.25, 0.3) is 0 Å². The quantitative estimate of drug-likeness (QED) is 0.747. The van der Waals surface area contributed by atoms with Crippen LogP contribution in [0.5, 0.6) is 0 Å². The Kier molecular flexibility index (Phi) is 4.22.